The van der Waals surface area contributed by atoms with E-state index in [-0.39, 0.29) is 5.91 Å². The molecule has 1 amide bonds. The molecule has 0 fully saturated rings. The first kappa shape index (κ1) is 17.2. The van der Waals surface area contributed by atoms with Crippen molar-refractivity contribution in [1.82, 2.24) is 15.1 Å². The van der Waals surface area contributed by atoms with Crippen molar-refractivity contribution in [2.75, 3.05) is 7.11 Å². The van der Waals surface area contributed by atoms with Crippen LogP contribution in [0.25, 0.3) is 5.69 Å². The number of nitriles is 1. The van der Waals surface area contributed by atoms with Crippen LogP contribution >= 0.6 is 0 Å². The van der Waals surface area contributed by atoms with Crippen molar-refractivity contribution in [3.8, 4) is 17.5 Å². The first-order chi connectivity index (χ1) is 12.6. The third-order valence-corrected chi connectivity index (χ3v) is 4.06. The smallest absolute Gasteiger partial charge is 0.252 e. The summed E-state index contributed by atoms with van der Waals surface area (Å²) in [5, 5.41) is 16.4. The molecule has 0 aliphatic heterocycles. The zero-order valence-corrected chi connectivity index (χ0v) is 14.5. The van der Waals surface area contributed by atoms with Crippen molar-refractivity contribution < 1.29 is 9.53 Å². The summed E-state index contributed by atoms with van der Waals surface area (Å²) in [5.74, 6) is 0.232. The van der Waals surface area contributed by atoms with E-state index in [1.165, 1.54) is 7.11 Å². The predicted molar refractivity (Wildman–Crippen MR) is 97.1 cm³/mol. The monoisotopic (exact) mass is 346 g/mol. The number of carbonyl (C=O) groups excluding carboxylic acids is 1. The van der Waals surface area contributed by atoms with Crippen molar-refractivity contribution in [2.45, 2.75) is 13.0 Å². The van der Waals surface area contributed by atoms with Gasteiger partial charge < -0.3 is 10.1 Å². The molecule has 0 bridgehead atoms. The molecule has 0 unspecified atom stereocenters. The first-order valence-electron chi connectivity index (χ1n) is 8.08. The summed E-state index contributed by atoms with van der Waals surface area (Å²) in [7, 11) is 1.53. The molecule has 1 atom stereocenters. The molecule has 0 spiro atoms. The van der Waals surface area contributed by atoms with Gasteiger partial charge in [0.15, 0.2) is 0 Å². The lowest BCUT2D eigenvalue weighted by Crippen LogP contribution is -2.27. The molecule has 1 N–H and O–H groups in total. The number of amides is 1. The Balaban J connectivity index is 1.79. The lowest BCUT2D eigenvalue weighted by molar-refractivity contribution is 0.0945. The largest absolute Gasteiger partial charge is 0.496 e. The van der Waals surface area contributed by atoms with Gasteiger partial charge in [-0.2, -0.15) is 10.4 Å². The quantitative estimate of drug-likeness (QED) is 0.769. The van der Waals surface area contributed by atoms with Crippen LogP contribution in [-0.2, 0) is 0 Å². The Morgan fingerprint density at radius 3 is 2.54 bits per heavy atom. The van der Waals surface area contributed by atoms with Crippen molar-refractivity contribution in [3.63, 3.8) is 0 Å². The molecule has 1 heterocycles. The van der Waals surface area contributed by atoms with E-state index in [0.29, 0.717) is 16.9 Å². The second-order valence-corrected chi connectivity index (χ2v) is 5.71. The number of aryl methyl sites for hydroxylation is 1. The van der Waals surface area contributed by atoms with Gasteiger partial charge in [-0.1, -0.05) is 18.2 Å². The van der Waals surface area contributed by atoms with Crippen LogP contribution in [0.2, 0.25) is 0 Å². The van der Waals surface area contributed by atoms with Crippen LogP contribution in [0, 0.1) is 18.3 Å². The highest BCUT2D eigenvalue weighted by Crippen LogP contribution is 2.24. The highest BCUT2D eigenvalue weighted by Gasteiger charge is 2.18. The number of methoxy groups -OCH3 is 1. The number of aromatic nitrogens is 2. The SMILES string of the molecule is COc1ccccc1[C@@H](C#N)NC(=O)c1ccc(-n2nccc2C)cc1. The first-order valence-corrected chi connectivity index (χ1v) is 8.08. The van der Waals surface area contributed by atoms with Crippen LogP contribution in [-0.4, -0.2) is 22.8 Å². The Kier molecular flexibility index (Phi) is 4.99. The number of nitrogens with one attached hydrogen (secondary N) is 1. The average molecular weight is 346 g/mol. The van der Waals surface area contributed by atoms with Crippen molar-refractivity contribution in [3.05, 3.63) is 77.6 Å². The maximum atomic E-state index is 12.5. The fourth-order valence-electron chi connectivity index (χ4n) is 2.69. The maximum Gasteiger partial charge on any atom is 0.252 e. The number of rotatable bonds is 5. The Hall–Kier alpha value is -3.59. The van der Waals surface area contributed by atoms with Gasteiger partial charge in [0.25, 0.3) is 5.91 Å². The number of para-hydroxylation sites is 1. The molecule has 26 heavy (non-hydrogen) atoms. The highest BCUT2D eigenvalue weighted by atomic mass is 16.5. The van der Waals surface area contributed by atoms with Crippen LogP contribution in [0.15, 0.2) is 60.8 Å². The highest BCUT2D eigenvalue weighted by molar-refractivity contribution is 5.94. The van der Waals surface area contributed by atoms with Crippen molar-refractivity contribution in [2.24, 2.45) is 0 Å². The van der Waals surface area contributed by atoms with Crippen LogP contribution in [0.4, 0.5) is 0 Å². The summed E-state index contributed by atoms with van der Waals surface area (Å²) in [6, 6.07) is 17.4. The van der Waals surface area contributed by atoms with E-state index in [2.05, 4.69) is 16.5 Å². The number of benzene rings is 2. The molecule has 1 aromatic heterocycles. The molecule has 2 aromatic carbocycles. The van der Waals surface area contributed by atoms with E-state index in [1.54, 1.807) is 41.2 Å². The van der Waals surface area contributed by atoms with Gasteiger partial charge in [-0.05, 0) is 43.3 Å². The summed E-state index contributed by atoms with van der Waals surface area (Å²) in [5.41, 5.74) is 2.96. The van der Waals surface area contributed by atoms with Gasteiger partial charge in [0.05, 0.1) is 18.9 Å². The van der Waals surface area contributed by atoms with Gasteiger partial charge in [-0.25, -0.2) is 4.68 Å². The lowest BCUT2D eigenvalue weighted by atomic mass is 10.1. The van der Waals surface area contributed by atoms with Crippen LogP contribution in [0.3, 0.4) is 0 Å². The molecule has 0 saturated heterocycles. The zero-order valence-electron chi connectivity index (χ0n) is 14.5. The minimum Gasteiger partial charge on any atom is -0.496 e. The van der Waals surface area contributed by atoms with Crippen LogP contribution in [0.5, 0.6) is 5.75 Å². The Morgan fingerprint density at radius 2 is 1.92 bits per heavy atom. The average Bonchev–Trinajstić information content (AvgIpc) is 3.12. The summed E-state index contributed by atoms with van der Waals surface area (Å²) < 4.78 is 7.06. The standard InChI is InChI=1S/C20H18N4O2/c1-14-11-12-22-24(14)16-9-7-15(8-10-16)20(25)23-18(13-21)17-5-3-4-6-19(17)26-2/h3-12,18H,1-2H3,(H,23,25)/t18-/m1/s1. The topological polar surface area (TPSA) is 79.9 Å². The normalized spacial score (nSPS) is 11.4. The third-order valence-electron chi connectivity index (χ3n) is 4.06. The van der Waals surface area contributed by atoms with Gasteiger partial charge in [0, 0.05) is 23.0 Å². The van der Waals surface area contributed by atoms with E-state index in [0.717, 1.165) is 11.4 Å². The molecule has 6 nitrogen and oxygen atoms in total. The Morgan fingerprint density at radius 1 is 1.19 bits per heavy atom. The zero-order chi connectivity index (χ0) is 18.5. The Bertz CT molecular complexity index is 954. The molecule has 0 radical (unpaired) electrons. The van der Waals surface area contributed by atoms with E-state index < -0.39 is 6.04 Å². The second kappa shape index (κ2) is 7.53. The summed E-state index contributed by atoms with van der Waals surface area (Å²) in [6.45, 7) is 1.96. The van der Waals surface area contributed by atoms with Crippen molar-refractivity contribution in [1.29, 1.82) is 5.26 Å². The number of carbonyl (C=O) groups is 1. The molecule has 3 rings (SSSR count). The molecular weight excluding hydrogens is 328 g/mol. The molecule has 0 aliphatic carbocycles. The molecule has 0 saturated carbocycles. The van der Waals surface area contributed by atoms with Gasteiger partial charge in [0.1, 0.15) is 11.8 Å². The minimum atomic E-state index is -0.799. The summed E-state index contributed by atoms with van der Waals surface area (Å²) in [6.07, 6.45) is 1.72. The fraction of sp³-hybridized carbons (Fsp3) is 0.150. The Labute approximate surface area is 151 Å². The molecule has 130 valence electrons. The van der Waals surface area contributed by atoms with E-state index in [9.17, 15) is 10.1 Å². The number of ether oxygens (including phenoxy) is 1. The van der Waals surface area contributed by atoms with E-state index in [1.807, 2.05) is 31.2 Å². The van der Waals surface area contributed by atoms with Gasteiger partial charge in [0.2, 0.25) is 0 Å². The van der Waals surface area contributed by atoms with Gasteiger partial charge in [-0.15, -0.1) is 0 Å². The van der Waals surface area contributed by atoms with Crippen LogP contribution in [0.1, 0.15) is 27.7 Å². The lowest BCUT2D eigenvalue weighted by Gasteiger charge is -2.15. The second-order valence-electron chi connectivity index (χ2n) is 5.71. The minimum absolute atomic E-state index is 0.328. The van der Waals surface area contributed by atoms with Gasteiger partial charge in [-0.3, -0.25) is 4.79 Å². The third kappa shape index (κ3) is 3.42. The maximum absolute atomic E-state index is 12.5. The van der Waals surface area contributed by atoms with E-state index in [4.69, 9.17) is 4.74 Å². The molecule has 3 aromatic rings. The molecule has 6 heteroatoms. The van der Waals surface area contributed by atoms with Gasteiger partial charge >= 0.3 is 0 Å². The number of nitrogens with zero attached hydrogens (tertiary/aromatic N) is 3. The predicted octanol–water partition coefficient (Wildman–Crippen LogP) is 3.18. The summed E-state index contributed by atoms with van der Waals surface area (Å²) in [4.78, 5) is 12.5. The molecular formula is C20H18N4O2. The number of hydrogen-bond donors (Lipinski definition) is 1. The fourth-order valence-corrected chi connectivity index (χ4v) is 2.69. The van der Waals surface area contributed by atoms with E-state index >= 15 is 0 Å². The molecule has 0 aliphatic rings. The summed E-state index contributed by atoms with van der Waals surface area (Å²) >= 11 is 0. The van der Waals surface area contributed by atoms with Crippen LogP contribution < -0.4 is 10.1 Å². The number of hydrogen-bond acceptors (Lipinski definition) is 4. The van der Waals surface area contributed by atoms with Crippen molar-refractivity contribution >= 4 is 5.91 Å².